The maximum absolute atomic E-state index is 12.8. The van der Waals surface area contributed by atoms with Crippen LogP contribution in [0.15, 0.2) is 89.6 Å². The van der Waals surface area contributed by atoms with Crippen LogP contribution in [0.3, 0.4) is 0 Å². The number of fused-ring (bicyclic) bond motifs is 1. The molecule has 2 fully saturated rings. The van der Waals surface area contributed by atoms with E-state index in [4.69, 9.17) is 38.0 Å². The first-order valence-corrected chi connectivity index (χ1v) is 17.6. The van der Waals surface area contributed by atoms with Gasteiger partial charge < -0.3 is 33.2 Å². The van der Waals surface area contributed by atoms with Gasteiger partial charge in [0.25, 0.3) is 6.47 Å². The summed E-state index contributed by atoms with van der Waals surface area (Å²) in [6.07, 6.45) is 5.99. The normalized spacial score (nSPS) is 19.7. The van der Waals surface area contributed by atoms with Crippen molar-refractivity contribution in [2.45, 2.75) is 56.7 Å². The summed E-state index contributed by atoms with van der Waals surface area (Å²) in [7, 11) is 1.59. The molecule has 2 aliphatic rings. The zero-order chi connectivity index (χ0) is 38.1. The number of hydrogen-bond acceptors (Lipinski definition) is 14. The van der Waals surface area contributed by atoms with Gasteiger partial charge in [0.15, 0.2) is 0 Å². The Balaban J connectivity index is 1.12. The Morgan fingerprint density at radius 2 is 1.57 bits per heavy atom. The summed E-state index contributed by atoms with van der Waals surface area (Å²) < 4.78 is 38.3. The lowest BCUT2D eigenvalue weighted by atomic mass is 9.95. The van der Waals surface area contributed by atoms with Gasteiger partial charge in [0.2, 0.25) is 0 Å². The molecule has 0 spiro atoms. The lowest BCUT2D eigenvalue weighted by molar-refractivity contribution is -0.270. The topological polar surface area (TPSA) is 170 Å². The number of ether oxygens (including phenoxy) is 7. The SMILES string of the molecule is C=CC(=O)OCCCCCCOc1ccc(C(OO)c2ccc(C=NN=Cc3ccc(OC(=O)C4COC5C(OC)COC45)cc3)cc2COC=O)cc1. The Hall–Kier alpha value is -5.25. The van der Waals surface area contributed by atoms with Crippen LogP contribution in [0.2, 0.25) is 0 Å². The molecule has 0 radical (unpaired) electrons. The third kappa shape index (κ3) is 11.1. The summed E-state index contributed by atoms with van der Waals surface area (Å²) in [6.45, 7) is 5.15. The van der Waals surface area contributed by atoms with Gasteiger partial charge in [0, 0.05) is 13.2 Å². The van der Waals surface area contributed by atoms with Crippen molar-refractivity contribution < 1.29 is 57.7 Å². The number of methoxy groups -OCH3 is 1. The molecular formula is C40H44N2O12. The van der Waals surface area contributed by atoms with E-state index < -0.39 is 24.0 Å². The van der Waals surface area contributed by atoms with Gasteiger partial charge in [-0.25, -0.2) is 9.68 Å². The number of nitrogens with zero attached hydrogens (tertiary/aromatic N) is 2. The van der Waals surface area contributed by atoms with Crippen LogP contribution in [0.5, 0.6) is 11.5 Å². The predicted molar refractivity (Wildman–Crippen MR) is 195 cm³/mol. The monoisotopic (exact) mass is 744 g/mol. The molecule has 2 aliphatic heterocycles. The summed E-state index contributed by atoms with van der Waals surface area (Å²) in [6, 6.07) is 19.3. The summed E-state index contributed by atoms with van der Waals surface area (Å²) >= 11 is 0. The number of benzene rings is 3. The Morgan fingerprint density at radius 3 is 2.28 bits per heavy atom. The molecule has 5 rings (SSSR count). The largest absolute Gasteiger partial charge is 0.494 e. The summed E-state index contributed by atoms with van der Waals surface area (Å²) in [4.78, 5) is 39.8. The number of esters is 2. The third-order valence-electron chi connectivity index (χ3n) is 8.96. The van der Waals surface area contributed by atoms with Gasteiger partial charge in [0.1, 0.15) is 48.4 Å². The van der Waals surface area contributed by atoms with Crippen LogP contribution in [0.1, 0.15) is 59.6 Å². The highest BCUT2D eigenvalue weighted by molar-refractivity contribution is 5.83. The Morgan fingerprint density at radius 1 is 0.889 bits per heavy atom. The van der Waals surface area contributed by atoms with Gasteiger partial charge in [-0.1, -0.05) is 30.8 Å². The standard InChI is InChI=1S/C40H44N2O12/c1-3-36(44)50-19-7-5-4-6-18-49-31-15-11-29(12-16-31)37(54-46)33-17-10-28(20-30(33)23-48-26-43)22-42-41-21-27-8-13-32(14-9-27)53-40(45)34-24-51-39-35(47-2)25-52-38(34)39/h3,8-17,20-22,26,34-35,37-39,46H,1,4-7,18-19,23-25H2,2H3. The molecule has 0 bridgehead atoms. The number of hydrogen-bond donors (Lipinski definition) is 1. The molecule has 54 heavy (non-hydrogen) atoms. The number of carbonyl (C=O) groups is 3. The quantitative estimate of drug-likeness (QED) is 0.0216. The molecule has 0 aromatic heterocycles. The van der Waals surface area contributed by atoms with Crippen molar-refractivity contribution in [3.63, 3.8) is 0 Å². The highest BCUT2D eigenvalue weighted by atomic mass is 17.1. The van der Waals surface area contributed by atoms with E-state index in [0.717, 1.165) is 37.3 Å². The zero-order valence-electron chi connectivity index (χ0n) is 30.0. The van der Waals surface area contributed by atoms with Crippen LogP contribution in [0.4, 0.5) is 0 Å². The molecule has 3 aromatic rings. The number of unbranched alkanes of at least 4 members (excludes halogenated alkanes) is 3. The summed E-state index contributed by atoms with van der Waals surface area (Å²) in [5.41, 5.74) is 3.23. The van der Waals surface area contributed by atoms with Gasteiger partial charge in [-0.05, 0) is 96.0 Å². The van der Waals surface area contributed by atoms with Gasteiger partial charge in [-0.2, -0.15) is 10.2 Å². The first kappa shape index (κ1) is 39.9. The number of carbonyl (C=O) groups excluding carboxylic acids is 3. The average Bonchev–Trinajstić information content (AvgIpc) is 3.81. The molecule has 14 heteroatoms. The second kappa shape index (κ2) is 20.8. The van der Waals surface area contributed by atoms with E-state index in [1.54, 1.807) is 80.1 Å². The first-order valence-electron chi connectivity index (χ1n) is 17.6. The van der Waals surface area contributed by atoms with Crippen molar-refractivity contribution >= 4 is 30.8 Å². The van der Waals surface area contributed by atoms with Crippen LogP contribution in [-0.4, -0.2) is 87.9 Å². The zero-order valence-corrected chi connectivity index (χ0v) is 30.0. The lowest BCUT2D eigenvalue weighted by Crippen LogP contribution is -2.34. The maximum Gasteiger partial charge on any atom is 0.330 e. The third-order valence-corrected chi connectivity index (χ3v) is 8.96. The van der Waals surface area contributed by atoms with Crippen LogP contribution in [0, 0.1) is 5.92 Å². The summed E-state index contributed by atoms with van der Waals surface area (Å²) in [5.74, 6) is -0.308. The van der Waals surface area contributed by atoms with Gasteiger partial charge in [-0.15, -0.1) is 0 Å². The smallest absolute Gasteiger partial charge is 0.330 e. The van der Waals surface area contributed by atoms with E-state index in [2.05, 4.69) is 16.8 Å². The highest BCUT2D eigenvalue weighted by Crippen LogP contribution is 2.34. The van der Waals surface area contributed by atoms with E-state index in [1.165, 1.54) is 6.21 Å². The van der Waals surface area contributed by atoms with Crippen molar-refractivity contribution in [1.82, 2.24) is 0 Å². The average molecular weight is 745 g/mol. The second-order valence-electron chi connectivity index (χ2n) is 12.5. The molecule has 5 atom stereocenters. The molecule has 14 nitrogen and oxygen atoms in total. The fourth-order valence-corrected chi connectivity index (χ4v) is 6.11. The fourth-order valence-electron chi connectivity index (χ4n) is 6.11. The molecular weight excluding hydrogens is 700 g/mol. The van der Waals surface area contributed by atoms with Crippen molar-refractivity contribution in [3.05, 3.63) is 107 Å². The first-order chi connectivity index (χ1) is 26.4. The molecule has 2 heterocycles. The van der Waals surface area contributed by atoms with E-state index in [1.807, 2.05) is 0 Å². The van der Waals surface area contributed by atoms with E-state index >= 15 is 0 Å². The fraction of sp³-hybridized carbons (Fsp3) is 0.375. The molecule has 1 N–H and O–H groups in total. The summed E-state index contributed by atoms with van der Waals surface area (Å²) in [5, 5.41) is 18.2. The minimum absolute atomic E-state index is 0.0614. The lowest BCUT2D eigenvalue weighted by Gasteiger charge is -2.19. The van der Waals surface area contributed by atoms with E-state index in [-0.39, 0.29) is 31.5 Å². The van der Waals surface area contributed by atoms with Gasteiger partial charge in [-0.3, -0.25) is 14.8 Å². The Labute approximate surface area is 313 Å². The van der Waals surface area contributed by atoms with Crippen LogP contribution >= 0.6 is 0 Å². The Bertz CT molecular complexity index is 1740. The van der Waals surface area contributed by atoms with Crippen molar-refractivity contribution in [2.75, 3.05) is 33.5 Å². The van der Waals surface area contributed by atoms with Crippen LogP contribution < -0.4 is 9.47 Å². The van der Waals surface area contributed by atoms with E-state index in [0.29, 0.717) is 60.0 Å². The molecule has 0 saturated carbocycles. The number of rotatable bonds is 21. The maximum atomic E-state index is 12.8. The highest BCUT2D eigenvalue weighted by Gasteiger charge is 2.51. The van der Waals surface area contributed by atoms with Crippen LogP contribution in [-0.2, 0) is 49.6 Å². The van der Waals surface area contributed by atoms with Crippen molar-refractivity contribution in [1.29, 1.82) is 0 Å². The Kier molecular flexibility index (Phi) is 15.4. The van der Waals surface area contributed by atoms with E-state index in [9.17, 15) is 19.6 Å². The second-order valence-corrected chi connectivity index (χ2v) is 12.5. The minimum atomic E-state index is -0.867. The molecule has 0 aliphatic carbocycles. The predicted octanol–water partition coefficient (Wildman–Crippen LogP) is 5.39. The van der Waals surface area contributed by atoms with Gasteiger partial charge >= 0.3 is 11.9 Å². The molecule has 5 unspecified atom stereocenters. The van der Waals surface area contributed by atoms with Crippen molar-refractivity contribution in [3.8, 4) is 11.5 Å². The minimum Gasteiger partial charge on any atom is -0.494 e. The molecule has 2 saturated heterocycles. The molecule has 286 valence electrons. The molecule has 3 aromatic carbocycles. The van der Waals surface area contributed by atoms with Crippen molar-refractivity contribution in [2.24, 2.45) is 16.1 Å². The molecule has 0 amide bonds. The van der Waals surface area contributed by atoms with Gasteiger partial charge in [0.05, 0.1) is 38.9 Å². The van der Waals surface area contributed by atoms with Crippen LogP contribution in [0.25, 0.3) is 0 Å².